The van der Waals surface area contributed by atoms with Crippen molar-refractivity contribution < 1.29 is 4.79 Å². The summed E-state index contributed by atoms with van der Waals surface area (Å²) in [6, 6.07) is 9.76. The van der Waals surface area contributed by atoms with Gasteiger partial charge in [0, 0.05) is 3.57 Å². The number of nitriles is 1. The minimum Gasteiger partial charge on any atom is -0.302 e. The second-order valence-electron chi connectivity index (χ2n) is 2.70. The zero-order valence-corrected chi connectivity index (χ0v) is 9.06. The van der Waals surface area contributed by atoms with Gasteiger partial charge in [0.2, 0.25) is 0 Å². The molecule has 0 aliphatic carbocycles. The molecule has 1 aromatic rings. The lowest BCUT2D eigenvalue weighted by atomic mass is 10.0. The van der Waals surface area contributed by atoms with Crippen LogP contribution in [0.25, 0.3) is 0 Å². The topological polar surface area (TPSA) is 40.9 Å². The van der Waals surface area contributed by atoms with Crippen molar-refractivity contribution in [3.63, 3.8) is 0 Å². The smallest absolute Gasteiger partial charge is 0.137 e. The Morgan fingerprint density at radius 1 is 1.46 bits per heavy atom. The maximum atomic E-state index is 10.4. The molecule has 0 aliphatic heterocycles. The molecule has 0 N–H and O–H groups in total. The highest BCUT2D eigenvalue weighted by atomic mass is 127. The van der Waals surface area contributed by atoms with E-state index in [0.717, 1.165) is 9.13 Å². The summed E-state index contributed by atoms with van der Waals surface area (Å²) in [5, 5.41) is 8.56. The summed E-state index contributed by atoms with van der Waals surface area (Å²) < 4.78 is 1.15. The van der Waals surface area contributed by atoms with Gasteiger partial charge in [0.1, 0.15) is 12.2 Å². The largest absolute Gasteiger partial charge is 0.302 e. The lowest BCUT2D eigenvalue weighted by molar-refractivity contribution is -0.109. The van der Waals surface area contributed by atoms with Crippen LogP contribution >= 0.6 is 22.6 Å². The van der Waals surface area contributed by atoms with Gasteiger partial charge in [0.25, 0.3) is 0 Å². The quantitative estimate of drug-likeness (QED) is 0.631. The molecule has 0 bridgehead atoms. The van der Waals surface area contributed by atoms with Crippen LogP contribution in [-0.4, -0.2) is 6.29 Å². The monoisotopic (exact) mass is 285 g/mol. The van der Waals surface area contributed by atoms with Gasteiger partial charge in [0.15, 0.2) is 0 Å². The number of aldehydes is 1. The van der Waals surface area contributed by atoms with E-state index >= 15 is 0 Å². The fourth-order valence-corrected chi connectivity index (χ4v) is 1.36. The van der Waals surface area contributed by atoms with E-state index in [1.54, 1.807) is 0 Å². The number of nitrogens with zero attached hydrogens (tertiary/aromatic N) is 1. The van der Waals surface area contributed by atoms with Crippen LogP contribution in [0.2, 0.25) is 0 Å². The Bertz CT molecular complexity index is 326. The van der Waals surface area contributed by atoms with Crippen LogP contribution < -0.4 is 0 Å². The lowest BCUT2D eigenvalue weighted by Gasteiger charge is -2.01. The first-order valence-corrected chi connectivity index (χ1v) is 4.93. The fourth-order valence-electron chi connectivity index (χ4n) is 0.999. The Hall–Kier alpha value is -0.890. The summed E-state index contributed by atoms with van der Waals surface area (Å²) in [6.07, 6.45) is 1.20. The van der Waals surface area contributed by atoms with E-state index in [2.05, 4.69) is 22.6 Å². The Morgan fingerprint density at radius 3 is 2.54 bits per heavy atom. The van der Waals surface area contributed by atoms with Crippen LogP contribution in [0.5, 0.6) is 0 Å². The van der Waals surface area contributed by atoms with Crippen molar-refractivity contribution in [2.45, 2.75) is 6.42 Å². The molecule has 1 atom stereocenters. The van der Waals surface area contributed by atoms with E-state index in [0.29, 0.717) is 12.7 Å². The van der Waals surface area contributed by atoms with Crippen LogP contribution in [0.4, 0.5) is 0 Å². The van der Waals surface area contributed by atoms with Crippen molar-refractivity contribution in [1.82, 2.24) is 0 Å². The number of carbonyl (C=O) groups is 1. The van der Waals surface area contributed by atoms with Crippen LogP contribution in [-0.2, 0) is 11.2 Å². The SMILES string of the molecule is N#CC(C=O)Cc1ccc(I)cc1. The van der Waals surface area contributed by atoms with Gasteiger partial charge in [-0.05, 0) is 46.7 Å². The molecular formula is C10H8INO. The molecule has 0 saturated heterocycles. The highest BCUT2D eigenvalue weighted by molar-refractivity contribution is 14.1. The van der Waals surface area contributed by atoms with Gasteiger partial charge in [-0.15, -0.1) is 0 Å². The summed E-state index contributed by atoms with van der Waals surface area (Å²) in [5.74, 6) is -0.514. The molecule has 1 unspecified atom stereocenters. The van der Waals surface area contributed by atoms with E-state index < -0.39 is 5.92 Å². The summed E-state index contributed by atoms with van der Waals surface area (Å²) in [6.45, 7) is 0. The molecule has 13 heavy (non-hydrogen) atoms. The first kappa shape index (κ1) is 10.2. The summed E-state index contributed by atoms with van der Waals surface area (Å²) in [7, 11) is 0. The lowest BCUT2D eigenvalue weighted by Crippen LogP contribution is -2.02. The maximum Gasteiger partial charge on any atom is 0.137 e. The predicted molar refractivity (Wildman–Crippen MR) is 58.0 cm³/mol. The minimum absolute atomic E-state index is 0.511. The number of benzene rings is 1. The minimum atomic E-state index is -0.514. The summed E-state index contributed by atoms with van der Waals surface area (Å²) in [5.41, 5.74) is 1.03. The molecule has 0 radical (unpaired) electrons. The van der Waals surface area contributed by atoms with Crippen LogP contribution in [0.3, 0.4) is 0 Å². The molecule has 1 aromatic carbocycles. The number of halogens is 1. The number of hydrogen-bond donors (Lipinski definition) is 0. The molecule has 0 heterocycles. The fraction of sp³-hybridized carbons (Fsp3) is 0.200. The molecule has 0 amide bonds. The second-order valence-corrected chi connectivity index (χ2v) is 3.95. The van der Waals surface area contributed by atoms with Gasteiger partial charge in [-0.1, -0.05) is 12.1 Å². The van der Waals surface area contributed by atoms with Crippen LogP contribution in [0.15, 0.2) is 24.3 Å². The van der Waals surface area contributed by atoms with E-state index in [1.165, 1.54) is 0 Å². The average molecular weight is 285 g/mol. The highest BCUT2D eigenvalue weighted by Crippen LogP contribution is 2.10. The molecule has 1 rings (SSSR count). The first-order chi connectivity index (χ1) is 6.26. The van der Waals surface area contributed by atoms with Gasteiger partial charge < -0.3 is 4.79 Å². The van der Waals surface area contributed by atoms with Crippen molar-refractivity contribution >= 4 is 28.9 Å². The van der Waals surface area contributed by atoms with Gasteiger partial charge in [-0.3, -0.25) is 0 Å². The molecule has 3 heteroatoms. The van der Waals surface area contributed by atoms with E-state index in [1.807, 2.05) is 30.3 Å². The second kappa shape index (κ2) is 4.97. The highest BCUT2D eigenvalue weighted by Gasteiger charge is 2.05. The molecular weight excluding hydrogens is 277 g/mol. The molecule has 0 aromatic heterocycles. The standard InChI is InChI=1S/C10H8INO/c11-10-3-1-8(2-4-10)5-9(6-12)7-13/h1-4,7,9H,5H2. The van der Waals surface area contributed by atoms with Crippen LogP contribution in [0, 0.1) is 20.8 Å². The third-order valence-electron chi connectivity index (χ3n) is 1.70. The zero-order valence-electron chi connectivity index (χ0n) is 6.90. The molecule has 66 valence electrons. The third-order valence-corrected chi connectivity index (χ3v) is 2.42. The van der Waals surface area contributed by atoms with Crippen molar-refractivity contribution in [1.29, 1.82) is 5.26 Å². The van der Waals surface area contributed by atoms with Gasteiger partial charge in [-0.25, -0.2) is 0 Å². The average Bonchev–Trinajstić information content (AvgIpc) is 2.17. The molecule has 0 fully saturated rings. The van der Waals surface area contributed by atoms with Crippen molar-refractivity contribution in [2.75, 3.05) is 0 Å². The van der Waals surface area contributed by atoms with E-state index in [9.17, 15) is 4.79 Å². The van der Waals surface area contributed by atoms with Gasteiger partial charge in [0.05, 0.1) is 6.07 Å². The summed E-state index contributed by atoms with van der Waals surface area (Å²) in [4.78, 5) is 10.4. The molecule has 2 nitrogen and oxygen atoms in total. The maximum absolute atomic E-state index is 10.4. The first-order valence-electron chi connectivity index (χ1n) is 3.85. The van der Waals surface area contributed by atoms with Crippen molar-refractivity contribution in [2.24, 2.45) is 5.92 Å². The molecule has 0 saturated carbocycles. The number of rotatable bonds is 3. The van der Waals surface area contributed by atoms with Crippen molar-refractivity contribution in [3.05, 3.63) is 33.4 Å². The number of carbonyl (C=O) groups excluding carboxylic acids is 1. The Morgan fingerprint density at radius 2 is 2.08 bits per heavy atom. The van der Waals surface area contributed by atoms with E-state index in [-0.39, 0.29) is 0 Å². The van der Waals surface area contributed by atoms with E-state index in [4.69, 9.17) is 5.26 Å². The summed E-state index contributed by atoms with van der Waals surface area (Å²) >= 11 is 2.21. The normalized spacial score (nSPS) is 11.7. The Balaban J connectivity index is 2.70. The van der Waals surface area contributed by atoms with Crippen LogP contribution in [0.1, 0.15) is 5.56 Å². The molecule has 0 aliphatic rings. The predicted octanol–water partition coefficient (Wildman–Crippen LogP) is 2.17. The van der Waals surface area contributed by atoms with Gasteiger partial charge in [-0.2, -0.15) is 5.26 Å². The third kappa shape index (κ3) is 3.15. The Labute approximate surface area is 90.7 Å². The number of hydrogen-bond acceptors (Lipinski definition) is 2. The molecule has 0 spiro atoms. The van der Waals surface area contributed by atoms with Crippen molar-refractivity contribution in [3.8, 4) is 6.07 Å². The Kier molecular flexibility index (Phi) is 3.90. The zero-order chi connectivity index (χ0) is 9.68. The van der Waals surface area contributed by atoms with Gasteiger partial charge >= 0.3 is 0 Å².